The molecule has 4 heteroatoms. The third-order valence-electron chi connectivity index (χ3n) is 2.36. The number of rotatable bonds is 3. The fraction of sp³-hybridized carbons (Fsp3) is 0.231. The Balaban J connectivity index is 2.11. The second kappa shape index (κ2) is 4.71. The van der Waals surface area contributed by atoms with Crippen molar-refractivity contribution in [1.82, 2.24) is 5.16 Å². The fourth-order valence-electron chi connectivity index (χ4n) is 1.46. The molecular formula is C13H12N2O2. The second-order valence-corrected chi connectivity index (χ2v) is 3.82. The quantitative estimate of drug-likeness (QED) is 0.810. The van der Waals surface area contributed by atoms with Crippen molar-refractivity contribution < 1.29 is 9.26 Å². The standard InChI is InChI=1S/C13H12N2O2/c1-9-3-4-11(7-14)6-13(9)16-8-12-5-10(2)15-17-12/h3-6H,8H2,1-2H3. The topological polar surface area (TPSA) is 59.0 Å². The molecule has 0 N–H and O–H groups in total. The van der Waals surface area contributed by atoms with Crippen molar-refractivity contribution in [1.29, 1.82) is 5.26 Å². The maximum Gasteiger partial charge on any atom is 0.174 e. The summed E-state index contributed by atoms with van der Waals surface area (Å²) < 4.78 is 10.6. The third-order valence-corrected chi connectivity index (χ3v) is 2.36. The molecule has 0 saturated carbocycles. The molecule has 0 radical (unpaired) electrons. The number of aryl methyl sites for hydroxylation is 2. The number of benzene rings is 1. The van der Waals surface area contributed by atoms with Crippen molar-refractivity contribution in [2.45, 2.75) is 20.5 Å². The fourth-order valence-corrected chi connectivity index (χ4v) is 1.46. The Morgan fingerprint density at radius 1 is 1.35 bits per heavy atom. The van der Waals surface area contributed by atoms with E-state index in [2.05, 4.69) is 11.2 Å². The van der Waals surface area contributed by atoms with E-state index in [0.29, 0.717) is 23.7 Å². The van der Waals surface area contributed by atoms with Crippen LogP contribution in [0.25, 0.3) is 0 Å². The maximum atomic E-state index is 8.81. The van der Waals surface area contributed by atoms with E-state index in [4.69, 9.17) is 14.5 Å². The highest BCUT2D eigenvalue weighted by molar-refractivity contribution is 5.41. The molecule has 17 heavy (non-hydrogen) atoms. The average Bonchev–Trinajstić information content (AvgIpc) is 2.74. The van der Waals surface area contributed by atoms with Gasteiger partial charge in [-0.1, -0.05) is 11.2 Å². The lowest BCUT2D eigenvalue weighted by atomic mass is 10.1. The lowest BCUT2D eigenvalue weighted by molar-refractivity contribution is 0.247. The molecule has 0 aliphatic carbocycles. The average molecular weight is 228 g/mol. The van der Waals surface area contributed by atoms with Crippen LogP contribution in [-0.2, 0) is 6.61 Å². The van der Waals surface area contributed by atoms with Gasteiger partial charge in [-0.3, -0.25) is 0 Å². The first-order chi connectivity index (χ1) is 8.19. The van der Waals surface area contributed by atoms with Crippen molar-refractivity contribution in [2.75, 3.05) is 0 Å². The molecule has 0 saturated heterocycles. The van der Waals surface area contributed by atoms with Gasteiger partial charge in [-0.2, -0.15) is 5.26 Å². The molecule has 2 rings (SSSR count). The van der Waals surface area contributed by atoms with E-state index in [-0.39, 0.29) is 0 Å². The van der Waals surface area contributed by atoms with Crippen LogP contribution in [0.3, 0.4) is 0 Å². The summed E-state index contributed by atoms with van der Waals surface area (Å²) in [6.45, 7) is 4.10. The highest BCUT2D eigenvalue weighted by Crippen LogP contribution is 2.20. The molecule has 2 aromatic rings. The van der Waals surface area contributed by atoms with Gasteiger partial charge in [0.2, 0.25) is 0 Å². The van der Waals surface area contributed by atoms with Crippen LogP contribution in [0.1, 0.15) is 22.6 Å². The van der Waals surface area contributed by atoms with Crippen LogP contribution in [0, 0.1) is 25.2 Å². The van der Waals surface area contributed by atoms with Crippen molar-refractivity contribution in [2.24, 2.45) is 0 Å². The number of hydrogen-bond donors (Lipinski definition) is 0. The molecule has 1 aromatic carbocycles. The number of ether oxygens (including phenoxy) is 1. The highest BCUT2D eigenvalue weighted by Gasteiger charge is 2.05. The van der Waals surface area contributed by atoms with Gasteiger partial charge >= 0.3 is 0 Å². The van der Waals surface area contributed by atoms with Crippen LogP contribution in [-0.4, -0.2) is 5.16 Å². The third kappa shape index (κ3) is 2.64. The monoisotopic (exact) mass is 228 g/mol. The van der Waals surface area contributed by atoms with E-state index >= 15 is 0 Å². The van der Waals surface area contributed by atoms with Crippen LogP contribution in [0.5, 0.6) is 5.75 Å². The highest BCUT2D eigenvalue weighted by atomic mass is 16.5. The van der Waals surface area contributed by atoms with Crippen molar-refractivity contribution in [3.8, 4) is 11.8 Å². The van der Waals surface area contributed by atoms with Gasteiger partial charge < -0.3 is 9.26 Å². The van der Waals surface area contributed by atoms with E-state index in [0.717, 1.165) is 11.3 Å². The zero-order valence-electron chi connectivity index (χ0n) is 9.73. The van der Waals surface area contributed by atoms with Crippen LogP contribution in [0.4, 0.5) is 0 Å². The van der Waals surface area contributed by atoms with E-state index in [1.807, 2.05) is 26.0 Å². The number of aromatic nitrogens is 1. The number of nitrogens with zero attached hydrogens (tertiary/aromatic N) is 2. The minimum Gasteiger partial charge on any atom is -0.485 e. The van der Waals surface area contributed by atoms with Crippen LogP contribution in [0.2, 0.25) is 0 Å². The van der Waals surface area contributed by atoms with Gasteiger partial charge in [-0.15, -0.1) is 0 Å². The molecule has 4 nitrogen and oxygen atoms in total. The van der Waals surface area contributed by atoms with E-state index in [1.54, 1.807) is 12.1 Å². The largest absolute Gasteiger partial charge is 0.485 e. The molecule has 86 valence electrons. The summed E-state index contributed by atoms with van der Waals surface area (Å²) in [5.74, 6) is 1.36. The summed E-state index contributed by atoms with van der Waals surface area (Å²) in [6.07, 6.45) is 0. The van der Waals surface area contributed by atoms with Crippen LogP contribution >= 0.6 is 0 Å². The predicted molar refractivity (Wildman–Crippen MR) is 61.5 cm³/mol. The first-order valence-electron chi connectivity index (χ1n) is 5.25. The van der Waals surface area contributed by atoms with E-state index in [9.17, 15) is 0 Å². The van der Waals surface area contributed by atoms with Gasteiger partial charge in [0.05, 0.1) is 17.3 Å². The van der Waals surface area contributed by atoms with Crippen LogP contribution < -0.4 is 4.74 Å². The Kier molecular flexibility index (Phi) is 3.10. The Bertz CT molecular complexity index is 567. The van der Waals surface area contributed by atoms with Crippen LogP contribution in [0.15, 0.2) is 28.8 Å². The van der Waals surface area contributed by atoms with Crippen molar-refractivity contribution in [3.05, 3.63) is 46.8 Å². The Morgan fingerprint density at radius 3 is 2.82 bits per heavy atom. The van der Waals surface area contributed by atoms with Crippen molar-refractivity contribution in [3.63, 3.8) is 0 Å². The van der Waals surface area contributed by atoms with Gasteiger partial charge in [0.15, 0.2) is 5.76 Å². The van der Waals surface area contributed by atoms with Crippen molar-refractivity contribution >= 4 is 0 Å². The van der Waals surface area contributed by atoms with Gasteiger partial charge in [0.25, 0.3) is 0 Å². The summed E-state index contributed by atoms with van der Waals surface area (Å²) in [7, 11) is 0. The van der Waals surface area contributed by atoms with E-state index in [1.165, 1.54) is 0 Å². The minimum atomic E-state index is 0.316. The number of nitriles is 1. The SMILES string of the molecule is Cc1cc(COc2cc(C#N)ccc2C)on1. The molecule has 0 spiro atoms. The zero-order chi connectivity index (χ0) is 12.3. The summed E-state index contributed by atoms with van der Waals surface area (Å²) in [5, 5.41) is 12.6. The molecule has 0 unspecified atom stereocenters. The predicted octanol–water partition coefficient (Wildman–Crippen LogP) is 2.74. The molecule has 1 aromatic heterocycles. The first-order valence-corrected chi connectivity index (χ1v) is 5.25. The molecule has 1 heterocycles. The second-order valence-electron chi connectivity index (χ2n) is 3.82. The number of hydrogen-bond acceptors (Lipinski definition) is 4. The molecule has 0 aliphatic rings. The lowest BCUT2D eigenvalue weighted by Gasteiger charge is -2.07. The van der Waals surface area contributed by atoms with Gasteiger partial charge in [-0.05, 0) is 31.5 Å². The van der Waals surface area contributed by atoms with E-state index < -0.39 is 0 Å². The maximum absolute atomic E-state index is 8.81. The smallest absolute Gasteiger partial charge is 0.174 e. The summed E-state index contributed by atoms with van der Waals surface area (Å²) in [4.78, 5) is 0. The molecule has 0 amide bonds. The Labute approximate surface area is 99.4 Å². The molecule has 0 bridgehead atoms. The summed E-state index contributed by atoms with van der Waals surface area (Å²) >= 11 is 0. The Morgan fingerprint density at radius 2 is 2.18 bits per heavy atom. The molecule has 0 aliphatic heterocycles. The van der Waals surface area contributed by atoms with Gasteiger partial charge in [0.1, 0.15) is 12.4 Å². The zero-order valence-corrected chi connectivity index (χ0v) is 9.73. The summed E-state index contributed by atoms with van der Waals surface area (Å²) in [6, 6.07) is 9.25. The molecule has 0 fully saturated rings. The molecule has 0 atom stereocenters. The molecular weight excluding hydrogens is 216 g/mol. The lowest BCUT2D eigenvalue weighted by Crippen LogP contribution is -1.96. The Hall–Kier alpha value is -2.28. The minimum absolute atomic E-state index is 0.316. The van der Waals surface area contributed by atoms with Gasteiger partial charge in [-0.25, -0.2) is 0 Å². The summed E-state index contributed by atoms with van der Waals surface area (Å²) in [5.41, 5.74) is 2.39. The van der Waals surface area contributed by atoms with Gasteiger partial charge in [0, 0.05) is 6.07 Å². The normalized spacial score (nSPS) is 9.94. The first kappa shape index (κ1) is 11.2.